The standard InChI is InChI=1S/C9H8FNO/c1-3-9-8(6(2)12)4-7(10)5-11-9/h3-5H,1H2,2H3. The first kappa shape index (κ1) is 8.59. The SMILES string of the molecule is C=Cc1ncc(F)cc1C(C)=O. The first-order chi connectivity index (χ1) is 5.65. The molecule has 62 valence electrons. The van der Waals surface area contributed by atoms with Gasteiger partial charge in [-0.05, 0) is 19.1 Å². The van der Waals surface area contributed by atoms with E-state index >= 15 is 0 Å². The van der Waals surface area contributed by atoms with Gasteiger partial charge in [-0.15, -0.1) is 0 Å². The Morgan fingerprint density at radius 3 is 2.92 bits per heavy atom. The number of hydrogen-bond acceptors (Lipinski definition) is 2. The Morgan fingerprint density at radius 2 is 2.42 bits per heavy atom. The lowest BCUT2D eigenvalue weighted by molar-refractivity contribution is 0.101. The molecule has 0 fully saturated rings. The molecule has 0 radical (unpaired) electrons. The quantitative estimate of drug-likeness (QED) is 0.628. The molecule has 0 aliphatic heterocycles. The molecule has 0 aliphatic carbocycles. The maximum Gasteiger partial charge on any atom is 0.162 e. The van der Waals surface area contributed by atoms with Gasteiger partial charge < -0.3 is 0 Å². The van der Waals surface area contributed by atoms with Crippen LogP contribution in [0.5, 0.6) is 0 Å². The first-order valence-electron chi connectivity index (χ1n) is 3.44. The van der Waals surface area contributed by atoms with Crippen LogP contribution in [0.25, 0.3) is 6.08 Å². The zero-order chi connectivity index (χ0) is 9.14. The third kappa shape index (κ3) is 1.56. The highest BCUT2D eigenvalue weighted by atomic mass is 19.1. The van der Waals surface area contributed by atoms with Crippen molar-refractivity contribution in [1.82, 2.24) is 4.98 Å². The molecule has 0 atom stereocenters. The summed E-state index contributed by atoms with van der Waals surface area (Å²) in [6, 6.07) is 1.16. The minimum Gasteiger partial charge on any atom is -0.294 e. The first-order valence-corrected chi connectivity index (χ1v) is 3.44. The fourth-order valence-electron chi connectivity index (χ4n) is 0.894. The van der Waals surface area contributed by atoms with E-state index in [0.717, 1.165) is 12.3 Å². The van der Waals surface area contributed by atoms with Crippen molar-refractivity contribution in [3.63, 3.8) is 0 Å². The van der Waals surface area contributed by atoms with Gasteiger partial charge in [0.1, 0.15) is 5.82 Å². The average Bonchev–Trinajstić information content (AvgIpc) is 2.04. The van der Waals surface area contributed by atoms with E-state index in [2.05, 4.69) is 11.6 Å². The second kappa shape index (κ2) is 3.26. The summed E-state index contributed by atoms with van der Waals surface area (Å²) >= 11 is 0. The number of rotatable bonds is 2. The maximum atomic E-state index is 12.6. The predicted octanol–water partition coefficient (Wildman–Crippen LogP) is 2.07. The van der Waals surface area contributed by atoms with E-state index in [1.54, 1.807) is 0 Å². The summed E-state index contributed by atoms with van der Waals surface area (Å²) in [4.78, 5) is 14.6. The van der Waals surface area contributed by atoms with Crippen LogP contribution in [0.4, 0.5) is 4.39 Å². The molecule has 0 unspecified atom stereocenters. The third-order valence-corrected chi connectivity index (χ3v) is 1.46. The van der Waals surface area contributed by atoms with E-state index in [0.29, 0.717) is 5.69 Å². The molecule has 0 aliphatic rings. The van der Waals surface area contributed by atoms with Crippen molar-refractivity contribution >= 4 is 11.9 Å². The van der Waals surface area contributed by atoms with Crippen LogP contribution >= 0.6 is 0 Å². The molecular weight excluding hydrogens is 157 g/mol. The fraction of sp³-hybridized carbons (Fsp3) is 0.111. The number of ketones is 1. The number of carbonyl (C=O) groups is 1. The van der Waals surface area contributed by atoms with Gasteiger partial charge in [0.15, 0.2) is 5.78 Å². The minimum atomic E-state index is -0.509. The molecular formula is C9H8FNO. The molecule has 1 rings (SSSR count). The highest BCUT2D eigenvalue weighted by Gasteiger charge is 2.06. The molecule has 0 aromatic carbocycles. The van der Waals surface area contributed by atoms with Crippen molar-refractivity contribution in [2.45, 2.75) is 6.92 Å². The van der Waals surface area contributed by atoms with Gasteiger partial charge in [-0.3, -0.25) is 9.78 Å². The van der Waals surface area contributed by atoms with Gasteiger partial charge >= 0.3 is 0 Å². The smallest absolute Gasteiger partial charge is 0.162 e. The second-order valence-corrected chi connectivity index (χ2v) is 2.35. The Morgan fingerprint density at radius 1 is 1.75 bits per heavy atom. The van der Waals surface area contributed by atoms with Crippen molar-refractivity contribution in [3.8, 4) is 0 Å². The summed E-state index contributed by atoms with van der Waals surface area (Å²) in [5.74, 6) is -0.720. The van der Waals surface area contributed by atoms with Crippen molar-refractivity contribution < 1.29 is 9.18 Å². The monoisotopic (exact) mass is 165 g/mol. The van der Waals surface area contributed by atoms with Gasteiger partial charge in [0.2, 0.25) is 0 Å². The lowest BCUT2D eigenvalue weighted by Gasteiger charge is -1.99. The summed E-state index contributed by atoms with van der Waals surface area (Å²) in [6.45, 7) is 4.83. The lowest BCUT2D eigenvalue weighted by atomic mass is 10.1. The Bertz CT molecular complexity index is 333. The molecule has 0 N–H and O–H groups in total. The van der Waals surface area contributed by atoms with Crippen molar-refractivity contribution in [3.05, 3.63) is 35.9 Å². The van der Waals surface area contributed by atoms with E-state index in [1.165, 1.54) is 13.0 Å². The Balaban J connectivity index is 3.30. The minimum absolute atomic E-state index is 0.211. The van der Waals surface area contributed by atoms with Crippen LogP contribution in [0.3, 0.4) is 0 Å². The molecule has 2 nitrogen and oxygen atoms in total. The number of nitrogens with zero attached hydrogens (tertiary/aromatic N) is 1. The number of aromatic nitrogens is 1. The molecule has 0 bridgehead atoms. The largest absolute Gasteiger partial charge is 0.294 e. The van der Waals surface area contributed by atoms with Crippen LogP contribution in [0.15, 0.2) is 18.8 Å². The van der Waals surface area contributed by atoms with E-state index in [-0.39, 0.29) is 11.3 Å². The third-order valence-electron chi connectivity index (χ3n) is 1.46. The highest BCUT2D eigenvalue weighted by molar-refractivity contribution is 5.96. The number of pyridine rings is 1. The molecule has 0 spiro atoms. The van der Waals surface area contributed by atoms with Gasteiger partial charge in [0, 0.05) is 5.56 Å². The molecule has 0 saturated carbocycles. The molecule has 1 aromatic rings. The van der Waals surface area contributed by atoms with Crippen LogP contribution in [0.2, 0.25) is 0 Å². The molecule has 1 heterocycles. The number of halogens is 1. The molecule has 0 amide bonds. The second-order valence-electron chi connectivity index (χ2n) is 2.35. The van der Waals surface area contributed by atoms with Crippen LogP contribution in [0, 0.1) is 5.82 Å². The normalized spacial score (nSPS) is 9.50. The number of hydrogen-bond donors (Lipinski definition) is 0. The summed E-state index contributed by atoms with van der Waals surface area (Å²) in [7, 11) is 0. The summed E-state index contributed by atoms with van der Waals surface area (Å²) < 4.78 is 12.6. The summed E-state index contributed by atoms with van der Waals surface area (Å²) in [6.07, 6.45) is 2.49. The van der Waals surface area contributed by atoms with Crippen LogP contribution in [0.1, 0.15) is 23.0 Å². The van der Waals surface area contributed by atoms with Gasteiger partial charge in [0.25, 0.3) is 0 Å². The molecule has 1 aromatic heterocycles. The molecule has 0 saturated heterocycles. The zero-order valence-electron chi connectivity index (χ0n) is 6.67. The van der Waals surface area contributed by atoms with Gasteiger partial charge in [-0.1, -0.05) is 6.58 Å². The Kier molecular flexibility index (Phi) is 2.33. The topological polar surface area (TPSA) is 30.0 Å². The van der Waals surface area contributed by atoms with Gasteiger partial charge in [-0.2, -0.15) is 0 Å². The molecule has 3 heteroatoms. The zero-order valence-corrected chi connectivity index (χ0v) is 6.67. The predicted molar refractivity (Wildman–Crippen MR) is 44.3 cm³/mol. The Labute approximate surface area is 69.7 Å². The maximum absolute atomic E-state index is 12.6. The van der Waals surface area contributed by atoms with Gasteiger partial charge in [0.05, 0.1) is 11.9 Å². The van der Waals surface area contributed by atoms with Crippen molar-refractivity contribution in [1.29, 1.82) is 0 Å². The summed E-state index contributed by atoms with van der Waals surface area (Å²) in [5.41, 5.74) is 0.689. The average molecular weight is 165 g/mol. The van der Waals surface area contributed by atoms with Crippen LogP contribution in [-0.2, 0) is 0 Å². The Hall–Kier alpha value is -1.51. The fourth-order valence-corrected chi connectivity index (χ4v) is 0.894. The molecule has 12 heavy (non-hydrogen) atoms. The van der Waals surface area contributed by atoms with Crippen molar-refractivity contribution in [2.75, 3.05) is 0 Å². The van der Waals surface area contributed by atoms with Gasteiger partial charge in [-0.25, -0.2) is 4.39 Å². The van der Waals surface area contributed by atoms with E-state index in [9.17, 15) is 9.18 Å². The number of Topliss-reactive ketones (excluding diaryl/α,β-unsaturated/α-hetero) is 1. The van der Waals surface area contributed by atoms with E-state index in [4.69, 9.17) is 0 Å². The van der Waals surface area contributed by atoms with Crippen LogP contribution < -0.4 is 0 Å². The highest BCUT2D eigenvalue weighted by Crippen LogP contribution is 2.09. The number of carbonyl (C=O) groups excluding carboxylic acids is 1. The van der Waals surface area contributed by atoms with Crippen LogP contribution in [-0.4, -0.2) is 10.8 Å². The summed E-state index contributed by atoms with van der Waals surface area (Å²) in [5, 5.41) is 0. The lowest BCUT2D eigenvalue weighted by Crippen LogP contribution is -1.99. The van der Waals surface area contributed by atoms with Crippen molar-refractivity contribution in [2.24, 2.45) is 0 Å². The van der Waals surface area contributed by atoms with E-state index in [1.807, 2.05) is 0 Å². The van der Waals surface area contributed by atoms with E-state index < -0.39 is 5.82 Å².